The van der Waals surface area contributed by atoms with Crippen LogP contribution in [0.4, 0.5) is 0 Å². The van der Waals surface area contributed by atoms with Crippen LogP contribution in [0.5, 0.6) is 0 Å². The molecule has 1 aliphatic carbocycles. The highest BCUT2D eigenvalue weighted by Crippen LogP contribution is 2.19. The van der Waals surface area contributed by atoms with E-state index in [0.717, 1.165) is 51.6 Å². The van der Waals surface area contributed by atoms with Crippen molar-refractivity contribution in [3.05, 3.63) is 0 Å². The molecule has 3 atom stereocenters. The number of piperidine rings is 1. The average Bonchev–Trinajstić information content (AvgIpc) is 2.30. The molecule has 1 aliphatic heterocycles. The predicted molar refractivity (Wildman–Crippen MR) is 62.0 cm³/mol. The van der Waals surface area contributed by atoms with Gasteiger partial charge in [0.25, 0.3) is 0 Å². The van der Waals surface area contributed by atoms with Gasteiger partial charge in [-0.15, -0.1) is 0 Å². The Morgan fingerprint density at radius 2 is 2.12 bits per heavy atom. The van der Waals surface area contributed by atoms with Gasteiger partial charge in [-0.3, -0.25) is 4.79 Å². The van der Waals surface area contributed by atoms with Crippen molar-refractivity contribution >= 4 is 5.91 Å². The predicted octanol–water partition coefficient (Wildman–Crippen LogP) is 0.406. The van der Waals surface area contributed by atoms with E-state index in [1.165, 1.54) is 0 Å². The fraction of sp³-hybridized carbons (Fsp3) is 0.917. The Morgan fingerprint density at radius 1 is 1.25 bits per heavy atom. The lowest BCUT2D eigenvalue weighted by molar-refractivity contribution is -0.126. The summed E-state index contributed by atoms with van der Waals surface area (Å²) in [5.41, 5.74) is 0. The van der Waals surface area contributed by atoms with Crippen molar-refractivity contribution in [2.45, 2.75) is 50.7 Å². The van der Waals surface area contributed by atoms with Gasteiger partial charge in [-0.1, -0.05) is 0 Å². The van der Waals surface area contributed by atoms with Gasteiger partial charge in [0, 0.05) is 12.6 Å². The van der Waals surface area contributed by atoms with Crippen molar-refractivity contribution < 1.29 is 9.90 Å². The fourth-order valence-corrected chi connectivity index (χ4v) is 2.69. The second-order valence-corrected chi connectivity index (χ2v) is 5.07. The first-order chi connectivity index (χ1) is 7.75. The van der Waals surface area contributed by atoms with Gasteiger partial charge >= 0.3 is 0 Å². The molecule has 3 N–H and O–H groups in total. The molecule has 2 fully saturated rings. The first-order valence-electron chi connectivity index (χ1n) is 6.45. The van der Waals surface area contributed by atoms with Crippen LogP contribution in [0.1, 0.15) is 38.5 Å². The van der Waals surface area contributed by atoms with E-state index in [9.17, 15) is 9.90 Å². The van der Waals surface area contributed by atoms with Gasteiger partial charge in [0.15, 0.2) is 0 Å². The summed E-state index contributed by atoms with van der Waals surface area (Å²) in [5, 5.41) is 15.9. The highest BCUT2D eigenvalue weighted by molar-refractivity contribution is 5.79. The number of carbonyl (C=O) groups excluding carboxylic acids is 1. The van der Waals surface area contributed by atoms with Crippen molar-refractivity contribution in [2.24, 2.45) is 5.92 Å². The van der Waals surface area contributed by atoms with Gasteiger partial charge in [0.1, 0.15) is 0 Å². The molecule has 0 aromatic carbocycles. The molecule has 0 aromatic rings. The maximum Gasteiger partial charge on any atom is 0.224 e. The van der Waals surface area contributed by atoms with E-state index in [1.54, 1.807) is 0 Å². The maximum absolute atomic E-state index is 11.9. The van der Waals surface area contributed by atoms with E-state index in [1.807, 2.05) is 0 Å². The van der Waals surface area contributed by atoms with Crippen molar-refractivity contribution in [1.29, 1.82) is 0 Å². The van der Waals surface area contributed by atoms with Crippen LogP contribution in [0.2, 0.25) is 0 Å². The highest BCUT2D eigenvalue weighted by Gasteiger charge is 2.26. The summed E-state index contributed by atoms with van der Waals surface area (Å²) in [6.07, 6.45) is 5.52. The maximum atomic E-state index is 11.9. The molecule has 2 aliphatic rings. The Balaban J connectivity index is 1.77. The Bertz CT molecular complexity index is 239. The molecule has 0 aromatic heterocycles. The molecule has 16 heavy (non-hydrogen) atoms. The second kappa shape index (κ2) is 5.64. The van der Waals surface area contributed by atoms with Gasteiger partial charge in [0.2, 0.25) is 5.91 Å². The molecule has 2 unspecified atom stereocenters. The summed E-state index contributed by atoms with van der Waals surface area (Å²) in [6, 6.07) is 0.193. The molecule has 1 heterocycles. The summed E-state index contributed by atoms with van der Waals surface area (Å²) >= 11 is 0. The van der Waals surface area contributed by atoms with E-state index in [-0.39, 0.29) is 24.0 Å². The third-order valence-electron chi connectivity index (χ3n) is 3.66. The van der Waals surface area contributed by atoms with Gasteiger partial charge in [-0.05, 0) is 45.1 Å². The Kier molecular flexibility index (Phi) is 4.18. The third kappa shape index (κ3) is 3.19. The zero-order valence-electron chi connectivity index (χ0n) is 9.74. The van der Waals surface area contributed by atoms with E-state index < -0.39 is 0 Å². The van der Waals surface area contributed by atoms with E-state index in [0.29, 0.717) is 0 Å². The van der Waals surface area contributed by atoms with Crippen LogP contribution in [0.3, 0.4) is 0 Å². The molecule has 4 heteroatoms. The normalized spacial score (nSPS) is 35.7. The number of rotatable bonds is 2. The summed E-state index contributed by atoms with van der Waals surface area (Å²) in [5.74, 6) is 0.305. The van der Waals surface area contributed by atoms with E-state index in [4.69, 9.17) is 0 Å². The molecule has 0 radical (unpaired) electrons. The molecular weight excluding hydrogens is 204 g/mol. The molecule has 0 spiro atoms. The van der Waals surface area contributed by atoms with Crippen molar-refractivity contribution in [1.82, 2.24) is 10.6 Å². The number of nitrogens with one attached hydrogen (secondary N) is 2. The SMILES string of the molecule is O=C(NC1CCCC(O)C1)[C@H]1CCCNC1. The minimum Gasteiger partial charge on any atom is -0.393 e. The topological polar surface area (TPSA) is 61.4 Å². The molecule has 92 valence electrons. The van der Waals surface area contributed by atoms with Gasteiger partial charge in [0.05, 0.1) is 12.0 Å². The van der Waals surface area contributed by atoms with E-state index in [2.05, 4.69) is 10.6 Å². The first-order valence-corrected chi connectivity index (χ1v) is 6.45. The van der Waals surface area contributed by atoms with Crippen LogP contribution in [-0.2, 0) is 4.79 Å². The minimum atomic E-state index is -0.219. The number of aliphatic hydroxyl groups excluding tert-OH is 1. The molecular formula is C12H22N2O2. The quantitative estimate of drug-likeness (QED) is 0.639. The number of hydrogen-bond donors (Lipinski definition) is 3. The zero-order valence-corrected chi connectivity index (χ0v) is 9.74. The van der Waals surface area contributed by atoms with Crippen LogP contribution >= 0.6 is 0 Å². The van der Waals surface area contributed by atoms with Gasteiger partial charge in [-0.2, -0.15) is 0 Å². The summed E-state index contributed by atoms with van der Waals surface area (Å²) in [6.45, 7) is 1.84. The van der Waals surface area contributed by atoms with Crippen LogP contribution in [0.15, 0.2) is 0 Å². The Hall–Kier alpha value is -0.610. The number of carbonyl (C=O) groups is 1. The van der Waals surface area contributed by atoms with Crippen molar-refractivity contribution in [3.63, 3.8) is 0 Å². The summed E-state index contributed by atoms with van der Waals surface area (Å²) in [7, 11) is 0. The zero-order chi connectivity index (χ0) is 11.4. The third-order valence-corrected chi connectivity index (χ3v) is 3.66. The van der Waals surface area contributed by atoms with Crippen LogP contribution in [0.25, 0.3) is 0 Å². The summed E-state index contributed by atoms with van der Waals surface area (Å²) < 4.78 is 0. The van der Waals surface area contributed by atoms with Crippen LogP contribution in [0, 0.1) is 5.92 Å². The van der Waals surface area contributed by atoms with Crippen LogP contribution in [-0.4, -0.2) is 36.2 Å². The molecule has 1 saturated heterocycles. The molecule has 0 bridgehead atoms. The first kappa shape index (κ1) is 11.9. The lowest BCUT2D eigenvalue weighted by Gasteiger charge is -2.29. The van der Waals surface area contributed by atoms with Crippen LogP contribution < -0.4 is 10.6 Å². The Morgan fingerprint density at radius 3 is 2.81 bits per heavy atom. The van der Waals surface area contributed by atoms with Crippen molar-refractivity contribution in [3.8, 4) is 0 Å². The lowest BCUT2D eigenvalue weighted by atomic mass is 9.91. The fourth-order valence-electron chi connectivity index (χ4n) is 2.69. The Labute approximate surface area is 96.8 Å². The summed E-state index contributed by atoms with van der Waals surface area (Å²) in [4.78, 5) is 11.9. The number of amides is 1. The molecule has 1 saturated carbocycles. The number of hydrogen-bond acceptors (Lipinski definition) is 3. The highest BCUT2D eigenvalue weighted by atomic mass is 16.3. The smallest absolute Gasteiger partial charge is 0.224 e. The largest absolute Gasteiger partial charge is 0.393 e. The second-order valence-electron chi connectivity index (χ2n) is 5.07. The minimum absolute atomic E-state index is 0.132. The molecule has 4 nitrogen and oxygen atoms in total. The van der Waals surface area contributed by atoms with Crippen molar-refractivity contribution in [2.75, 3.05) is 13.1 Å². The van der Waals surface area contributed by atoms with Gasteiger partial charge in [-0.25, -0.2) is 0 Å². The molecule has 2 rings (SSSR count). The molecule has 1 amide bonds. The van der Waals surface area contributed by atoms with E-state index >= 15 is 0 Å². The standard InChI is InChI=1S/C12H22N2O2/c15-11-5-1-4-10(7-11)14-12(16)9-3-2-6-13-8-9/h9-11,13,15H,1-8H2,(H,14,16)/t9-,10?,11?/m0/s1. The monoisotopic (exact) mass is 226 g/mol. The number of aliphatic hydroxyl groups is 1. The average molecular weight is 226 g/mol. The lowest BCUT2D eigenvalue weighted by Crippen LogP contribution is -2.46. The van der Waals surface area contributed by atoms with Gasteiger partial charge < -0.3 is 15.7 Å².